The summed E-state index contributed by atoms with van der Waals surface area (Å²) in [5.74, 6) is -0.189. The Bertz CT molecular complexity index is 619. The molecule has 20 heavy (non-hydrogen) atoms. The van der Waals surface area contributed by atoms with Gasteiger partial charge in [0, 0.05) is 0 Å². The van der Waals surface area contributed by atoms with E-state index in [2.05, 4.69) is 6.92 Å². The van der Waals surface area contributed by atoms with Crippen molar-refractivity contribution in [1.29, 1.82) is 0 Å². The van der Waals surface area contributed by atoms with E-state index in [1.165, 1.54) is 6.42 Å². The van der Waals surface area contributed by atoms with Gasteiger partial charge in [0.1, 0.15) is 5.60 Å². The van der Waals surface area contributed by atoms with Gasteiger partial charge in [-0.25, -0.2) is 4.79 Å². The SMILES string of the molecule is CC1(OC(=O)c2cccc3ccccc23)CCCCC1. The standard InChI is InChI=1S/C18H20O2/c1-18(12-5-2-6-13-18)20-17(19)16-11-7-9-14-8-3-4-10-15(14)16/h3-4,7-11H,2,5-6,12-13H2,1H3. The molecule has 2 aromatic carbocycles. The van der Waals surface area contributed by atoms with E-state index in [0.717, 1.165) is 36.5 Å². The molecule has 2 aromatic rings. The van der Waals surface area contributed by atoms with Crippen LogP contribution >= 0.6 is 0 Å². The number of hydrogen-bond acceptors (Lipinski definition) is 2. The van der Waals surface area contributed by atoms with Gasteiger partial charge >= 0.3 is 5.97 Å². The van der Waals surface area contributed by atoms with Crippen molar-refractivity contribution < 1.29 is 9.53 Å². The van der Waals surface area contributed by atoms with Crippen LogP contribution < -0.4 is 0 Å². The highest BCUT2D eigenvalue weighted by Crippen LogP contribution is 2.32. The topological polar surface area (TPSA) is 26.3 Å². The first-order chi connectivity index (χ1) is 9.68. The Morgan fingerprint density at radius 3 is 2.50 bits per heavy atom. The summed E-state index contributed by atoms with van der Waals surface area (Å²) < 4.78 is 5.83. The predicted octanol–water partition coefficient (Wildman–Crippen LogP) is 4.72. The Balaban J connectivity index is 1.89. The van der Waals surface area contributed by atoms with Crippen molar-refractivity contribution in [3.8, 4) is 0 Å². The lowest BCUT2D eigenvalue weighted by Gasteiger charge is -2.33. The van der Waals surface area contributed by atoms with Gasteiger partial charge < -0.3 is 4.74 Å². The van der Waals surface area contributed by atoms with E-state index in [1.54, 1.807) is 0 Å². The van der Waals surface area contributed by atoms with Gasteiger partial charge in [-0.15, -0.1) is 0 Å². The zero-order chi connectivity index (χ0) is 14.0. The number of benzene rings is 2. The number of rotatable bonds is 2. The van der Waals surface area contributed by atoms with Crippen LogP contribution in [0, 0.1) is 0 Å². The molecule has 1 aliphatic rings. The van der Waals surface area contributed by atoms with Crippen LogP contribution in [0.15, 0.2) is 42.5 Å². The van der Waals surface area contributed by atoms with Crippen LogP contribution in [0.1, 0.15) is 49.4 Å². The third-order valence-electron chi connectivity index (χ3n) is 4.26. The number of carbonyl (C=O) groups is 1. The molecule has 0 aliphatic heterocycles. The van der Waals surface area contributed by atoms with Crippen LogP contribution in [-0.4, -0.2) is 11.6 Å². The summed E-state index contributed by atoms with van der Waals surface area (Å²) in [6.45, 7) is 2.06. The van der Waals surface area contributed by atoms with Gasteiger partial charge in [0.2, 0.25) is 0 Å². The molecule has 0 radical (unpaired) electrons. The normalized spacial score (nSPS) is 17.9. The molecule has 2 nitrogen and oxygen atoms in total. The quantitative estimate of drug-likeness (QED) is 0.737. The molecule has 1 fully saturated rings. The molecule has 0 bridgehead atoms. The van der Waals surface area contributed by atoms with E-state index >= 15 is 0 Å². The smallest absolute Gasteiger partial charge is 0.339 e. The molecule has 0 saturated heterocycles. The van der Waals surface area contributed by atoms with Crippen LogP contribution in [0.25, 0.3) is 10.8 Å². The molecular formula is C18H20O2. The molecule has 0 unspecified atom stereocenters. The fourth-order valence-electron chi connectivity index (χ4n) is 3.08. The van der Waals surface area contributed by atoms with Gasteiger partial charge in [0.05, 0.1) is 5.56 Å². The Hall–Kier alpha value is -1.83. The largest absolute Gasteiger partial charge is 0.456 e. The minimum atomic E-state index is -0.285. The van der Waals surface area contributed by atoms with Gasteiger partial charge in [-0.3, -0.25) is 0 Å². The van der Waals surface area contributed by atoms with Crippen molar-refractivity contribution in [2.75, 3.05) is 0 Å². The number of carbonyl (C=O) groups excluding carboxylic acids is 1. The van der Waals surface area contributed by atoms with E-state index in [9.17, 15) is 4.79 Å². The average molecular weight is 268 g/mol. The first kappa shape index (κ1) is 13.2. The molecular weight excluding hydrogens is 248 g/mol. The fourth-order valence-corrected chi connectivity index (χ4v) is 3.08. The van der Waals surface area contributed by atoms with E-state index in [1.807, 2.05) is 42.5 Å². The third-order valence-corrected chi connectivity index (χ3v) is 4.26. The molecule has 1 saturated carbocycles. The van der Waals surface area contributed by atoms with Crippen LogP contribution in [0.3, 0.4) is 0 Å². The molecule has 0 amide bonds. The van der Waals surface area contributed by atoms with Crippen LogP contribution in [0.2, 0.25) is 0 Å². The Morgan fingerprint density at radius 2 is 1.70 bits per heavy atom. The second kappa shape index (κ2) is 5.28. The lowest BCUT2D eigenvalue weighted by Crippen LogP contribution is -2.33. The zero-order valence-corrected chi connectivity index (χ0v) is 11.9. The van der Waals surface area contributed by atoms with Crippen LogP contribution in [0.4, 0.5) is 0 Å². The van der Waals surface area contributed by atoms with Gasteiger partial charge in [0.25, 0.3) is 0 Å². The molecule has 1 aliphatic carbocycles. The van der Waals surface area contributed by atoms with Crippen LogP contribution in [-0.2, 0) is 4.74 Å². The van der Waals surface area contributed by atoms with Gasteiger partial charge in [0.15, 0.2) is 0 Å². The fraction of sp³-hybridized carbons (Fsp3) is 0.389. The lowest BCUT2D eigenvalue weighted by atomic mass is 9.86. The van der Waals surface area contributed by atoms with Crippen molar-refractivity contribution in [3.05, 3.63) is 48.0 Å². The summed E-state index contributed by atoms with van der Waals surface area (Å²) in [6, 6.07) is 13.7. The summed E-state index contributed by atoms with van der Waals surface area (Å²) in [4.78, 5) is 12.5. The minimum Gasteiger partial charge on any atom is -0.456 e. The predicted molar refractivity (Wildman–Crippen MR) is 80.9 cm³/mol. The summed E-state index contributed by atoms with van der Waals surface area (Å²) in [5.41, 5.74) is 0.390. The second-order valence-corrected chi connectivity index (χ2v) is 5.93. The number of hydrogen-bond donors (Lipinski definition) is 0. The Morgan fingerprint density at radius 1 is 1.00 bits per heavy atom. The maximum absolute atomic E-state index is 12.5. The summed E-state index contributed by atoms with van der Waals surface area (Å²) >= 11 is 0. The Labute approximate surface area is 119 Å². The number of ether oxygens (including phenoxy) is 1. The van der Waals surface area contributed by atoms with E-state index in [4.69, 9.17) is 4.74 Å². The highest BCUT2D eigenvalue weighted by Gasteiger charge is 2.31. The second-order valence-electron chi connectivity index (χ2n) is 5.93. The van der Waals surface area contributed by atoms with Gasteiger partial charge in [-0.1, -0.05) is 42.8 Å². The minimum absolute atomic E-state index is 0.189. The van der Waals surface area contributed by atoms with Crippen molar-refractivity contribution in [2.45, 2.75) is 44.6 Å². The molecule has 3 rings (SSSR count). The molecule has 104 valence electrons. The van der Waals surface area contributed by atoms with Crippen molar-refractivity contribution in [2.24, 2.45) is 0 Å². The van der Waals surface area contributed by atoms with Gasteiger partial charge in [-0.2, -0.15) is 0 Å². The summed E-state index contributed by atoms with van der Waals surface area (Å²) in [6.07, 6.45) is 5.51. The van der Waals surface area contributed by atoms with Crippen molar-refractivity contribution in [3.63, 3.8) is 0 Å². The number of esters is 1. The summed E-state index contributed by atoms with van der Waals surface area (Å²) in [7, 11) is 0. The summed E-state index contributed by atoms with van der Waals surface area (Å²) in [5, 5.41) is 2.05. The Kier molecular flexibility index (Phi) is 3.47. The van der Waals surface area contributed by atoms with E-state index < -0.39 is 0 Å². The molecule has 0 atom stereocenters. The van der Waals surface area contributed by atoms with Crippen molar-refractivity contribution in [1.82, 2.24) is 0 Å². The first-order valence-corrected chi connectivity index (χ1v) is 7.39. The lowest BCUT2D eigenvalue weighted by molar-refractivity contribution is -0.0267. The maximum atomic E-state index is 12.5. The highest BCUT2D eigenvalue weighted by molar-refractivity contribution is 6.04. The van der Waals surface area contributed by atoms with E-state index in [-0.39, 0.29) is 11.6 Å². The molecule has 0 aromatic heterocycles. The van der Waals surface area contributed by atoms with Crippen molar-refractivity contribution >= 4 is 16.7 Å². The highest BCUT2D eigenvalue weighted by atomic mass is 16.6. The van der Waals surface area contributed by atoms with Gasteiger partial charge in [-0.05, 0) is 49.4 Å². The maximum Gasteiger partial charge on any atom is 0.339 e. The molecule has 0 N–H and O–H groups in total. The monoisotopic (exact) mass is 268 g/mol. The number of fused-ring (bicyclic) bond motifs is 1. The first-order valence-electron chi connectivity index (χ1n) is 7.39. The molecule has 0 spiro atoms. The zero-order valence-electron chi connectivity index (χ0n) is 11.9. The molecule has 0 heterocycles. The van der Waals surface area contributed by atoms with Crippen LogP contribution in [0.5, 0.6) is 0 Å². The van der Waals surface area contributed by atoms with E-state index in [0.29, 0.717) is 5.56 Å². The molecule has 2 heteroatoms. The third kappa shape index (κ3) is 2.55. The average Bonchev–Trinajstić information content (AvgIpc) is 2.47.